The van der Waals surface area contributed by atoms with Crippen LogP contribution in [0.25, 0.3) is 10.8 Å². The van der Waals surface area contributed by atoms with Crippen LogP contribution in [-0.2, 0) is 10.1 Å². The van der Waals surface area contributed by atoms with E-state index in [1.54, 1.807) is 36.0 Å². The highest BCUT2D eigenvalue weighted by Gasteiger charge is 2.48. The lowest BCUT2D eigenvalue weighted by molar-refractivity contribution is -0.0500. The summed E-state index contributed by atoms with van der Waals surface area (Å²) < 4.78 is 62.0. The molecule has 31 heavy (non-hydrogen) atoms. The summed E-state index contributed by atoms with van der Waals surface area (Å²) in [6.45, 7) is 0. The number of alkyl halides is 3. The molecule has 0 fully saturated rings. The molecule has 0 heterocycles. The third-order valence-electron chi connectivity index (χ3n) is 3.93. The fourth-order valence-corrected chi connectivity index (χ4v) is 3.82. The van der Waals surface area contributed by atoms with Gasteiger partial charge in [-0.05, 0) is 47.2 Å². The van der Waals surface area contributed by atoms with Crippen molar-refractivity contribution in [3.8, 4) is 5.75 Å². The number of fused-ring (bicyclic) bond motifs is 1. The number of rotatable bonds is 4. The SMILES string of the molecule is O=S(=O)(Oc1ccc2ccccc2c1)C(F)(F)F.c1ccc(Sc2ccccc2)cc1. The first kappa shape index (κ1) is 22.7. The number of hydrogen-bond acceptors (Lipinski definition) is 4. The molecule has 0 spiro atoms. The van der Waals surface area contributed by atoms with Crippen LogP contribution in [0.4, 0.5) is 13.2 Å². The van der Waals surface area contributed by atoms with Crippen molar-refractivity contribution >= 4 is 32.7 Å². The molecule has 0 bridgehead atoms. The lowest BCUT2D eigenvalue weighted by Gasteiger charge is -2.09. The Balaban J connectivity index is 0.000000185. The highest BCUT2D eigenvalue weighted by atomic mass is 32.2. The molecule has 0 aliphatic heterocycles. The normalized spacial score (nSPS) is 11.5. The topological polar surface area (TPSA) is 43.4 Å². The first-order valence-corrected chi connectivity index (χ1v) is 11.2. The van der Waals surface area contributed by atoms with Gasteiger partial charge in [0.25, 0.3) is 0 Å². The minimum atomic E-state index is -5.62. The van der Waals surface area contributed by atoms with Gasteiger partial charge < -0.3 is 4.18 Å². The maximum absolute atomic E-state index is 12.1. The Morgan fingerprint density at radius 3 is 1.65 bits per heavy atom. The quantitative estimate of drug-likeness (QED) is 0.244. The van der Waals surface area contributed by atoms with Crippen molar-refractivity contribution in [3.63, 3.8) is 0 Å². The van der Waals surface area contributed by atoms with E-state index in [0.29, 0.717) is 5.39 Å². The van der Waals surface area contributed by atoms with Crippen molar-refractivity contribution in [1.29, 1.82) is 0 Å². The van der Waals surface area contributed by atoms with Crippen LogP contribution in [-0.4, -0.2) is 13.9 Å². The van der Waals surface area contributed by atoms with Crippen molar-refractivity contribution in [3.05, 3.63) is 103 Å². The molecular weight excluding hydrogens is 445 g/mol. The molecule has 4 rings (SSSR count). The second kappa shape index (κ2) is 9.89. The summed E-state index contributed by atoms with van der Waals surface area (Å²) in [4.78, 5) is 2.57. The van der Waals surface area contributed by atoms with Gasteiger partial charge in [0, 0.05) is 9.79 Å². The Kier molecular flexibility index (Phi) is 7.25. The Hall–Kier alpha value is -2.97. The van der Waals surface area contributed by atoms with E-state index in [1.165, 1.54) is 28.0 Å². The molecular formula is C23H17F3O3S2. The summed E-state index contributed by atoms with van der Waals surface area (Å²) in [7, 11) is -5.62. The van der Waals surface area contributed by atoms with E-state index >= 15 is 0 Å². The fourth-order valence-electron chi connectivity index (χ4n) is 2.51. The molecule has 0 aromatic heterocycles. The van der Waals surface area contributed by atoms with Crippen LogP contribution in [0.2, 0.25) is 0 Å². The molecule has 0 N–H and O–H groups in total. The lowest BCUT2D eigenvalue weighted by atomic mass is 10.1. The second-order valence-corrected chi connectivity index (χ2v) is 8.91. The smallest absolute Gasteiger partial charge is 0.376 e. The molecule has 8 heteroatoms. The third-order valence-corrected chi connectivity index (χ3v) is 5.93. The number of benzene rings is 4. The maximum Gasteiger partial charge on any atom is 0.534 e. The van der Waals surface area contributed by atoms with E-state index < -0.39 is 15.6 Å². The molecule has 0 aliphatic rings. The summed E-state index contributed by atoms with van der Waals surface area (Å²) in [6.07, 6.45) is 0. The van der Waals surface area contributed by atoms with Crippen LogP contribution < -0.4 is 4.18 Å². The van der Waals surface area contributed by atoms with Gasteiger partial charge >= 0.3 is 15.6 Å². The van der Waals surface area contributed by atoms with E-state index in [1.807, 2.05) is 12.1 Å². The molecule has 0 aliphatic carbocycles. The lowest BCUT2D eigenvalue weighted by Crippen LogP contribution is -2.28. The van der Waals surface area contributed by atoms with Crippen molar-refractivity contribution in [2.45, 2.75) is 15.3 Å². The Labute approximate surface area is 182 Å². The van der Waals surface area contributed by atoms with E-state index in [2.05, 4.69) is 52.7 Å². The van der Waals surface area contributed by atoms with Crippen LogP contribution in [0.1, 0.15) is 0 Å². The van der Waals surface area contributed by atoms with Gasteiger partial charge in [0.05, 0.1) is 0 Å². The minimum absolute atomic E-state index is 0.369. The molecule has 0 saturated carbocycles. The van der Waals surface area contributed by atoms with Gasteiger partial charge in [-0.25, -0.2) is 0 Å². The van der Waals surface area contributed by atoms with Crippen molar-refractivity contribution in [2.75, 3.05) is 0 Å². The summed E-state index contributed by atoms with van der Waals surface area (Å²) in [5.41, 5.74) is -5.43. The maximum atomic E-state index is 12.1. The highest BCUT2D eigenvalue weighted by Crippen LogP contribution is 2.29. The number of hydrogen-bond donors (Lipinski definition) is 0. The first-order chi connectivity index (χ1) is 14.7. The molecule has 0 radical (unpaired) electrons. The van der Waals surface area contributed by atoms with Crippen LogP contribution in [0.15, 0.2) is 113 Å². The fraction of sp³-hybridized carbons (Fsp3) is 0.0435. The molecule has 0 unspecified atom stereocenters. The Morgan fingerprint density at radius 1 is 0.645 bits per heavy atom. The predicted molar refractivity (Wildman–Crippen MR) is 117 cm³/mol. The van der Waals surface area contributed by atoms with Crippen molar-refractivity contribution < 1.29 is 25.8 Å². The summed E-state index contributed by atoms with van der Waals surface area (Å²) in [6, 6.07) is 31.5. The monoisotopic (exact) mass is 462 g/mol. The van der Waals surface area contributed by atoms with Gasteiger partial charge in [0.1, 0.15) is 5.75 Å². The van der Waals surface area contributed by atoms with Crippen LogP contribution in [0, 0.1) is 0 Å². The largest absolute Gasteiger partial charge is 0.534 e. The Bertz CT molecular complexity index is 1190. The molecule has 4 aromatic rings. The summed E-state index contributed by atoms with van der Waals surface area (Å²) >= 11 is 1.79. The zero-order valence-electron chi connectivity index (χ0n) is 16.0. The van der Waals surface area contributed by atoms with Crippen LogP contribution in [0.5, 0.6) is 5.75 Å². The second-order valence-electron chi connectivity index (χ2n) is 6.22. The molecule has 160 valence electrons. The van der Waals surface area contributed by atoms with Gasteiger partial charge in [0.15, 0.2) is 0 Å². The standard InChI is InChI=1S/C12H10S.C11H7F3O3S/c1-3-7-11(8-4-1)13-12-9-5-2-6-10-12;12-11(13,14)18(15,16)17-10-6-5-8-3-1-2-4-9(8)7-10/h1-10H;1-7H. The molecule has 3 nitrogen and oxygen atoms in total. The van der Waals surface area contributed by atoms with Crippen LogP contribution >= 0.6 is 11.8 Å². The van der Waals surface area contributed by atoms with Crippen molar-refractivity contribution in [2.24, 2.45) is 0 Å². The summed E-state index contributed by atoms with van der Waals surface area (Å²) in [5, 5.41) is 1.36. The minimum Gasteiger partial charge on any atom is -0.376 e. The van der Waals surface area contributed by atoms with E-state index in [-0.39, 0.29) is 5.75 Å². The van der Waals surface area contributed by atoms with Gasteiger partial charge in [-0.1, -0.05) is 78.5 Å². The van der Waals surface area contributed by atoms with Gasteiger partial charge in [0.2, 0.25) is 0 Å². The summed E-state index contributed by atoms with van der Waals surface area (Å²) in [5.74, 6) is -0.369. The van der Waals surface area contributed by atoms with E-state index in [0.717, 1.165) is 5.39 Å². The van der Waals surface area contributed by atoms with Gasteiger partial charge in [-0.3, -0.25) is 0 Å². The number of halogens is 3. The molecule has 0 saturated heterocycles. The van der Waals surface area contributed by atoms with Gasteiger partial charge in [-0.2, -0.15) is 21.6 Å². The Morgan fingerprint density at radius 2 is 1.13 bits per heavy atom. The molecule has 0 amide bonds. The zero-order valence-corrected chi connectivity index (χ0v) is 17.6. The van der Waals surface area contributed by atoms with Crippen molar-refractivity contribution in [1.82, 2.24) is 0 Å². The average Bonchev–Trinajstić information content (AvgIpc) is 2.74. The first-order valence-electron chi connectivity index (χ1n) is 9.02. The average molecular weight is 463 g/mol. The van der Waals surface area contributed by atoms with Crippen LogP contribution in [0.3, 0.4) is 0 Å². The zero-order chi connectivity index (χ0) is 22.3. The predicted octanol–water partition coefficient (Wildman–Crippen LogP) is 6.91. The third kappa shape index (κ3) is 6.50. The highest BCUT2D eigenvalue weighted by molar-refractivity contribution is 7.99. The van der Waals surface area contributed by atoms with E-state index in [9.17, 15) is 21.6 Å². The molecule has 0 atom stereocenters. The molecule has 4 aromatic carbocycles. The van der Waals surface area contributed by atoms with Gasteiger partial charge in [-0.15, -0.1) is 0 Å². The van der Waals surface area contributed by atoms with E-state index in [4.69, 9.17) is 0 Å².